The molecule has 0 N–H and O–H groups in total. The Balaban J connectivity index is 2.31. The normalized spacial score (nSPS) is 11.5. The molecule has 0 aliphatic heterocycles. The maximum atomic E-state index is 12.0. The van der Waals surface area contributed by atoms with Gasteiger partial charge in [-0.25, -0.2) is 0 Å². The number of ether oxygens (including phenoxy) is 2. The summed E-state index contributed by atoms with van der Waals surface area (Å²) < 4.78 is 10.6. The van der Waals surface area contributed by atoms with E-state index < -0.39 is 5.60 Å². The predicted octanol–water partition coefficient (Wildman–Crippen LogP) is 3.44. The van der Waals surface area contributed by atoms with E-state index in [1.807, 2.05) is 52.0 Å². The van der Waals surface area contributed by atoms with E-state index >= 15 is 0 Å². The average Bonchev–Trinajstić information content (AvgIpc) is 2.37. The number of carbonyl (C=O) groups excluding carboxylic acids is 1. The molecule has 21 heavy (non-hydrogen) atoms. The first-order chi connectivity index (χ1) is 9.78. The fraction of sp³-hybridized carbons (Fsp3) is 0.412. The number of aromatic nitrogens is 1. The van der Waals surface area contributed by atoms with E-state index in [-0.39, 0.29) is 12.4 Å². The molecule has 0 aliphatic rings. The summed E-state index contributed by atoms with van der Waals surface area (Å²) in [6, 6.07) is 7.69. The summed E-state index contributed by atoms with van der Waals surface area (Å²) in [6.07, 6.45) is 0.225. The zero-order valence-corrected chi connectivity index (χ0v) is 13.2. The molecule has 2 aromatic rings. The monoisotopic (exact) mass is 287 g/mol. The highest BCUT2D eigenvalue weighted by Crippen LogP contribution is 2.22. The second-order valence-corrected chi connectivity index (χ2v) is 6.05. The van der Waals surface area contributed by atoms with Crippen LogP contribution < -0.4 is 4.74 Å². The molecule has 0 saturated heterocycles. The van der Waals surface area contributed by atoms with Gasteiger partial charge in [-0.05, 0) is 57.5 Å². The Labute approximate surface area is 125 Å². The number of carbonyl (C=O) groups is 1. The van der Waals surface area contributed by atoms with Crippen LogP contribution in [0, 0.1) is 6.92 Å². The van der Waals surface area contributed by atoms with Gasteiger partial charge in [-0.1, -0.05) is 0 Å². The lowest BCUT2D eigenvalue weighted by Gasteiger charge is -2.19. The van der Waals surface area contributed by atoms with Crippen LogP contribution in [-0.2, 0) is 16.0 Å². The van der Waals surface area contributed by atoms with Gasteiger partial charge < -0.3 is 9.47 Å². The lowest BCUT2D eigenvalue weighted by molar-refractivity contribution is -0.153. The maximum absolute atomic E-state index is 12.0. The molecule has 0 saturated carbocycles. The minimum absolute atomic E-state index is 0.225. The summed E-state index contributed by atoms with van der Waals surface area (Å²) in [5.74, 6) is 0.533. The SMILES string of the molecule is COc1ccc2nc(C)c(CC(=O)OC(C)(C)C)cc2c1. The molecule has 2 rings (SSSR count). The van der Waals surface area contributed by atoms with Crippen molar-refractivity contribution in [3.05, 3.63) is 35.5 Å². The lowest BCUT2D eigenvalue weighted by Crippen LogP contribution is -2.25. The van der Waals surface area contributed by atoms with Crippen LogP contribution in [0.1, 0.15) is 32.0 Å². The molecule has 1 aromatic carbocycles. The van der Waals surface area contributed by atoms with Crippen molar-refractivity contribution in [3.8, 4) is 5.75 Å². The van der Waals surface area contributed by atoms with Gasteiger partial charge in [0.25, 0.3) is 0 Å². The van der Waals surface area contributed by atoms with Crippen LogP contribution >= 0.6 is 0 Å². The molecule has 1 heterocycles. The highest BCUT2D eigenvalue weighted by atomic mass is 16.6. The van der Waals surface area contributed by atoms with Gasteiger partial charge in [-0.15, -0.1) is 0 Å². The van der Waals surface area contributed by atoms with Gasteiger partial charge in [0.1, 0.15) is 11.4 Å². The summed E-state index contributed by atoms with van der Waals surface area (Å²) >= 11 is 0. The Kier molecular flexibility index (Phi) is 4.16. The standard InChI is InChI=1S/C17H21NO3/c1-11-12(10-16(19)21-17(2,3)4)8-13-9-14(20-5)6-7-15(13)18-11/h6-9H,10H2,1-5H3. The second-order valence-electron chi connectivity index (χ2n) is 6.05. The smallest absolute Gasteiger partial charge is 0.310 e. The number of rotatable bonds is 3. The third-order valence-corrected chi connectivity index (χ3v) is 3.07. The number of esters is 1. The summed E-state index contributed by atoms with van der Waals surface area (Å²) in [7, 11) is 1.63. The Bertz CT molecular complexity index is 672. The van der Waals surface area contributed by atoms with Gasteiger partial charge >= 0.3 is 5.97 Å². The molecule has 4 heteroatoms. The number of nitrogens with zero attached hydrogens (tertiary/aromatic N) is 1. The molecule has 1 aromatic heterocycles. The maximum Gasteiger partial charge on any atom is 0.310 e. The van der Waals surface area contributed by atoms with Crippen LogP contribution in [-0.4, -0.2) is 23.7 Å². The van der Waals surface area contributed by atoms with Gasteiger partial charge in [-0.3, -0.25) is 9.78 Å². The van der Waals surface area contributed by atoms with Crippen molar-refractivity contribution in [2.24, 2.45) is 0 Å². The largest absolute Gasteiger partial charge is 0.497 e. The van der Waals surface area contributed by atoms with Crippen LogP contribution in [0.5, 0.6) is 5.75 Å². The van der Waals surface area contributed by atoms with Crippen LogP contribution in [0.4, 0.5) is 0 Å². The fourth-order valence-corrected chi connectivity index (χ4v) is 2.13. The van der Waals surface area contributed by atoms with Crippen molar-refractivity contribution in [1.82, 2.24) is 4.98 Å². The van der Waals surface area contributed by atoms with Crippen LogP contribution in [0.25, 0.3) is 10.9 Å². The summed E-state index contributed by atoms with van der Waals surface area (Å²) in [6.45, 7) is 7.49. The number of benzene rings is 1. The summed E-state index contributed by atoms with van der Waals surface area (Å²) in [4.78, 5) is 16.5. The van der Waals surface area contributed by atoms with Crippen LogP contribution in [0.2, 0.25) is 0 Å². The van der Waals surface area contributed by atoms with Crippen LogP contribution in [0.15, 0.2) is 24.3 Å². The number of hydrogen-bond acceptors (Lipinski definition) is 4. The van der Waals surface area contributed by atoms with Gasteiger partial charge in [0.05, 0.1) is 19.0 Å². The molecule has 112 valence electrons. The van der Waals surface area contributed by atoms with Crippen molar-refractivity contribution in [1.29, 1.82) is 0 Å². The Morgan fingerprint density at radius 1 is 1.24 bits per heavy atom. The molecule has 4 nitrogen and oxygen atoms in total. The molecular formula is C17H21NO3. The van der Waals surface area contributed by atoms with Crippen molar-refractivity contribution in [2.45, 2.75) is 39.7 Å². The molecule has 0 atom stereocenters. The average molecular weight is 287 g/mol. The number of hydrogen-bond donors (Lipinski definition) is 0. The van der Waals surface area contributed by atoms with Crippen molar-refractivity contribution in [2.75, 3.05) is 7.11 Å². The number of methoxy groups -OCH3 is 1. The second kappa shape index (κ2) is 5.72. The zero-order valence-electron chi connectivity index (χ0n) is 13.2. The van der Waals surface area contributed by atoms with Crippen molar-refractivity contribution >= 4 is 16.9 Å². The first-order valence-corrected chi connectivity index (χ1v) is 6.94. The van der Waals surface area contributed by atoms with E-state index in [0.29, 0.717) is 0 Å². The molecule has 0 amide bonds. The third kappa shape index (κ3) is 3.94. The number of fused-ring (bicyclic) bond motifs is 1. The van der Waals surface area contributed by atoms with Gasteiger partial charge in [0, 0.05) is 11.1 Å². The van der Waals surface area contributed by atoms with E-state index in [1.54, 1.807) is 7.11 Å². The third-order valence-electron chi connectivity index (χ3n) is 3.07. The van der Waals surface area contributed by atoms with E-state index in [4.69, 9.17) is 9.47 Å². The van der Waals surface area contributed by atoms with Gasteiger partial charge in [0.15, 0.2) is 0 Å². The van der Waals surface area contributed by atoms with E-state index in [2.05, 4.69) is 4.98 Å². The van der Waals surface area contributed by atoms with Gasteiger partial charge in [-0.2, -0.15) is 0 Å². The molecule has 0 radical (unpaired) electrons. The minimum Gasteiger partial charge on any atom is -0.497 e. The molecule has 0 spiro atoms. The highest BCUT2D eigenvalue weighted by molar-refractivity contribution is 5.83. The Morgan fingerprint density at radius 3 is 2.57 bits per heavy atom. The van der Waals surface area contributed by atoms with Crippen LogP contribution in [0.3, 0.4) is 0 Å². The first-order valence-electron chi connectivity index (χ1n) is 6.94. The quantitative estimate of drug-likeness (QED) is 0.811. The zero-order chi connectivity index (χ0) is 15.6. The molecule has 0 bridgehead atoms. The topological polar surface area (TPSA) is 48.4 Å². The van der Waals surface area contributed by atoms with Crippen molar-refractivity contribution < 1.29 is 14.3 Å². The highest BCUT2D eigenvalue weighted by Gasteiger charge is 2.17. The first kappa shape index (κ1) is 15.3. The molecule has 0 aliphatic carbocycles. The van der Waals surface area contributed by atoms with E-state index in [9.17, 15) is 4.79 Å². The molecule has 0 unspecified atom stereocenters. The van der Waals surface area contributed by atoms with Gasteiger partial charge in [0.2, 0.25) is 0 Å². The van der Waals surface area contributed by atoms with Crippen molar-refractivity contribution in [3.63, 3.8) is 0 Å². The fourth-order valence-electron chi connectivity index (χ4n) is 2.13. The Morgan fingerprint density at radius 2 is 1.95 bits per heavy atom. The molecule has 0 fully saturated rings. The minimum atomic E-state index is -0.474. The number of aryl methyl sites for hydroxylation is 1. The predicted molar refractivity (Wildman–Crippen MR) is 82.6 cm³/mol. The summed E-state index contributed by atoms with van der Waals surface area (Å²) in [5, 5.41) is 0.957. The summed E-state index contributed by atoms with van der Waals surface area (Å²) in [5.41, 5.74) is 2.14. The number of pyridine rings is 1. The van der Waals surface area contributed by atoms with E-state index in [1.165, 1.54) is 0 Å². The van der Waals surface area contributed by atoms with E-state index in [0.717, 1.165) is 27.9 Å². The Hall–Kier alpha value is -2.10. The lowest BCUT2D eigenvalue weighted by atomic mass is 10.1. The molecular weight excluding hydrogens is 266 g/mol.